The number of aryl methyl sites for hydroxylation is 1. The molecule has 0 atom stereocenters. The molecule has 0 saturated carbocycles. The lowest BCUT2D eigenvalue weighted by molar-refractivity contribution is -0.115. The minimum absolute atomic E-state index is 0.127. The summed E-state index contributed by atoms with van der Waals surface area (Å²) in [5.74, 6) is -0.114. The Balaban J connectivity index is 1.84. The first-order valence-electron chi connectivity index (χ1n) is 7.95. The Kier molecular flexibility index (Phi) is 5.54. The van der Waals surface area contributed by atoms with Crippen LogP contribution in [0.25, 0.3) is 6.08 Å². The zero-order chi connectivity index (χ0) is 18.7. The van der Waals surface area contributed by atoms with Crippen molar-refractivity contribution in [3.8, 4) is 11.5 Å². The third kappa shape index (κ3) is 4.03. The standard InChI is InChI=1S/C19H17ClN2O3S/c1-3-11-4-6-13(7-5-11)21-19-22-18(24)16(26-19)10-12-8-14(20)17(23)15(9-12)25-2/h4-10,23H,3H2,1-2H3,(H,21,22,24)/b16-10-. The van der Waals surface area contributed by atoms with Gasteiger partial charge in [0, 0.05) is 0 Å². The number of phenols is 1. The molecule has 5 nitrogen and oxygen atoms in total. The van der Waals surface area contributed by atoms with E-state index in [9.17, 15) is 9.90 Å². The van der Waals surface area contributed by atoms with E-state index in [1.807, 2.05) is 24.3 Å². The van der Waals surface area contributed by atoms with E-state index in [4.69, 9.17) is 16.3 Å². The number of methoxy groups -OCH3 is 1. The summed E-state index contributed by atoms with van der Waals surface area (Å²) in [5, 5.41) is 13.2. The van der Waals surface area contributed by atoms with Crippen LogP contribution in [0, 0.1) is 0 Å². The van der Waals surface area contributed by atoms with Gasteiger partial charge in [-0.25, -0.2) is 4.99 Å². The molecule has 1 amide bonds. The number of halogens is 1. The summed E-state index contributed by atoms with van der Waals surface area (Å²) in [5.41, 5.74) is 2.66. The van der Waals surface area contributed by atoms with Crippen molar-refractivity contribution >= 4 is 46.2 Å². The van der Waals surface area contributed by atoms with Gasteiger partial charge in [-0.15, -0.1) is 0 Å². The van der Waals surface area contributed by atoms with Gasteiger partial charge in [0.2, 0.25) is 0 Å². The molecule has 1 fully saturated rings. The van der Waals surface area contributed by atoms with Crippen LogP contribution < -0.4 is 10.1 Å². The lowest BCUT2D eigenvalue weighted by atomic mass is 10.2. The largest absolute Gasteiger partial charge is 0.503 e. The van der Waals surface area contributed by atoms with Crippen LogP contribution >= 0.6 is 23.4 Å². The van der Waals surface area contributed by atoms with Crippen LogP contribution in [0.1, 0.15) is 18.1 Å². The number of ether oxygens (including phenoxy) is 1. The summed E-state index contributed by atoms with van der Waals surface area (Å²) in [7, 11) is 1.44. The van der Waals surface area contributed by atoms with E-state index in [2.05, 4.69) is 17.2 Å². The summed E-state index contributed by atoms with van der Waals surface area (Å²) in [6.07, 6.45) is 2.64. The SMILES string of the molecule is CCc1ccc(N=C2NC(=O)/C(=C/c3cc(Cl)c(O)c(OC)c3)S2)cc1. The molecule has 0 unspecified atom stereocenters. The predicted octanol–water partition coefficient (Wildman–Crippen LogP) is 4.51. The van der Waals surface area contributed by atoms with Crippen molar-refractivity contribution in [1.29, 1.82) is 0 Å². The number of amides is 1. The van der Waals surface area contributed by atoms with Gasteiger partial charge in [-0.05, 0) is 59.7 Å². The predicted molar refractivity (Wildman–Crippen MR) is 106 cm³/mol. The smallest absolute Gasteiger partial charge is 0.264 e. The van der Waals surface area contributed by atoms with Gasteiger partial charge in [0.25, 0.3) is 5.91 Å². The number of benzene rings is 2. The molecule has 1 heterocycles. The van der Waals surface area contributed by atoms with Gasteiger partial charge in [0.1, 0.15) is 0 Å². The third-order valence-electron chi connectivity index (χ3n) is 3.79. The highest BCUT2D eigenvalue weighted by molar-refractivity contribution is 8.18. The second-order valence-electron chi connectivity index (χ2n) is 5.56. The lowest BCUT2D eigenvalue weighted by Crippen LogP contribution is -2.19. The third-order valence-corrected chi connectivity index (χ3v) is 4.99. The lowest BCUT2D eigenvalue weighted by Gasteiger charge is -2.06. The van der Waals surface area contributed by atoms with Crippen molar-refractivity contribution in [1.82, 2.24) is 5.32 Å². The maximum absolute atomic E-state index is 12.2. The molecular weight excluding hydrogens is 372 g/mol. The zero-order valence-corrected chi connectivity index (χ0v) is 15.8. The van der Waals surface area contributed by atoms with Gasteiger partial charge in [0.15, 0.2) is 16.7 Å². The van der Waals surface area contributed by atoms with Crippen molar-refractivity contribution in [2.75, 3.05) is 7.11 Å². The number of thioether (sulfide) groups is 1. The Hall–Kier alpha value is -2.44. The number of carbonyl (C=O) groups is 1. The Bertz CT molecular complexity index is 908. The average Bonchev–Trinajstić information content (AvgIpc) is 2.97. The Morgan fingerprint density at radius 3 is 2.69 bits per heavy atom. The average molecular weight is 389 g/mol. The molecule has 1 saturated heterocycles. The summed E-state index contributed by atoms with van der Waals surface area (Å²) >= 11 is 7.24. The minimum atomic E-state index is -0.234. The molecule has 2 aromatic rings. The number of rotatable bonds is 4. The highest BCUT2D eigenvalue weighted by Crippen LogP contribution is 2.36. The van der Waals surface area contributed by atoms with Gasteiger partial charge in [-0.1, -0.05) is 30.7 Å². The van der Waals surface area contributed by atoms with Crippen LogP contribution in [-0.4, -0.2) is 23.3 Å². The number of nitrogens with one attached hydrogen (secondary N) is 1. The maximum Gasteiger partial charge on any atom is 0.264 e. The number of hydrogen-bond donors (Lipinski definition) is 2. The van der Waals surface area contributed by atoms with Crippen molar-refractivity contribution in [3.63, 3.8) is 0 Å². The monoisotopic (exact) mass is 388 g/mol. The van der Waals surface area contributed by atoms with Crippen molar-refractivity contribution in [2.45, 2.75) is 13.3 Å². The molecule has 2 aromatic carbocycles. The molecule has 26 heavy (non-hydrogen) atoms. The van der Waals surface area contributed by atoms with Crippen molar-refractivity contribution < 1.29 is 14.6 Å². The minimum Gasteiger partial charge on any atom is -0.503 e. The molecular formula is C19H17ClN2O3S. The fourth-order valence-electron chi connectivity index (χ4n) is 2.39. The number of nitrogens with zero attached hydrogens (tertiary/aromatic N) is 1. The van der Waals surface area contributed by atoms with Crippen LogP contribution in [0.5, 0.6) is 11.5 Å². The van der Waals surface area contributed by atoms with E-state index in [1.165, 1.54) is 24.4 Å². The first-order chi connectivity index (χ1) is 12.5. The maximum atomic E-state index is 12.2. The molecule has 134 valence electrons. The topological polar surface area (TPSA) is 70.9 Å². The fourth-order valence-corrected chi connectivity index (χ4v) is 3.45. The number of phenolic OH excluding ortho intramolecular Hbond substituents is 1. The highest BCUT2D eigenvalue weighted by atomic mass is 35.5. The van der Waals surface area contributed by atoms with E-state index in [1.54, 1.807) is 18.2 Å². The van der Waals surface area contributed by atoms with Gasteiger partial charge in [-0.2, -0.15) is 0 Å². The summed E-state index contributed by atoms with van der Waals surface area (Å²) in [6.45, 7) is 2.09. The number of hydrogen-bond acceptors (Lipinski definition) is 5. The van der Waals surface area contributed by atoms with Crippen molar-refractivity contribution in [3.05, 3.63) is 57.5 Å². The highest BCUT2D eigenvalue weighted by Gasteiger charge is 2.24. The molecule has 0 bridgehead atoms. The van der Waals surface area contributed by atoms with Gasteiger partial charge in [0.05, 0.1) is 22.7 Å². The first-order valence-corrected chi connectivity index (χ1v) is 9.14. The Labute approximate surface area is 160 Å². The molecule has 3 rings (SSSR count). The summed E-state index contributed by atoms with van der Waals surface area (Å²) in [6, 6.07) is 11.1. The molecule has 0 aliphatic carbocycles. The van der Waals surface area contributed by atoms with Crippen LogP contribution in [0.3, 0.4) is 0 Å². The van der Waals surface area contributed by atoms with E-state index >= 15 is 0 Å². The Morgan fingerprint density at radius 1 is 1.31 bits per heavy atom. The number of amidine groups is 1. The summed E-state index contributed by atoms with van der Waals surface area (Å²) < 4.78 is 5.08. The number of aliphatic imine (C=N–C) groups is 1. The van der Waals surface area contributed by atoms with E-state index < -0.39 is 0 Å². The molecule has 0 aromatic heterocycles. The number of aromatic hydroxyl groups is 1. The normalized spacial score (nSPS) is 17.0. The molecule has 0 spiro atoms. The second kappa shape index (κ2) is 7.85. The molecule has 2 N–H and O–H groups in total. The van der Waals surface area contributed by atoms with Gasteiger partial charge in [-0.3, -0.25) is 4.79 Å². The molecule has 7 heteroatoms. The van der Waals surface area contributed by atoms with Crippen LogP contribution in [0.4, 0.5) is 5.69 Å². The second-order valence-corrected chi connectivity index (χ2v) is 6.99. The van der Waals surface area contributed by atoms with Crippen LogP contribution in [-0.2, 0) is 11.2 Å². The van der Waals surface area contributed by atoms with Crippen molar-refractivity contribution in [2.24, 2.45) is 4.99 Å². The zero-order valence-electron chi connectivity index (χ0n) is 14.2. The Morgan fingerprint density at radius 2 is 2.04 bits per heavy atom. The molecule has 1 aliphatic rings. The number of carbonyl (C=O) groups excluding carboxylic acids is 1. The first kappa shape index (κ1) is 18.4. The molecule has 0 radical (unpaired) electrons. The van der Waals surface area contributed by atoms with Crippen LogP contribution in [0.15, 0.2) is 46.3 Å². The van der Waals surface area contributed by atoms with E-state index in [0.29, 0.717) is 15.6 Å². The van der Waals surface area contributed by atoms with E-state index in [0.717, 1.165) is 12.1 Å². The van der Waals surface area contributed by atoms with Gasteiger partial charge < -0.3 is 15.2 Å². The summed E-state index contributed by atoms with van der Waals surface area (Å²) in [4.78, 5) is 17.1. The fraction of sp³-hybridized carbons (Fsp3) is 0.158. The molecule has 1 aliphatic heterocycles. The van der Waals surface area contributed by atoms with E-state index in [-0.39, 0.29) is 22.4 Å². The van der Waals surface area contributed by atoms with Crippen LogP contribution in [0.2, 0.25) is 5.02 Å². The quantitative estimate of drug-likeness (QED) is 0.756. The van der Waals surface area contributed by atoms with Gasteiger partial charge >= 0.3 is 0 Å².